The normalized spacial score (nSPS) is 16.1. The molecule has 4 rings (SSSR count). The van der Waals surface area contributed by atoms with E-state index in [1.54, 1.807) is 28.8 Å². The molecule has 1 aliphatic heterocycles. The molecule has 1 aliphatic rings. The molecule has 0 atom stereocenters. The molecule has 7 nitrogen and oxygen atoms in total. The smallest absolute Gasteiger partial charge is 0.254 e. The fourth-order valence-corrected chi connectivity index (χ4v) is 5.06. The van der Waals surface area contributed by atoms with Gasteiger partial charge in [0.05, 0.1) is 9.79 Å². The quantitative estimate of drug-likeness (QED) is 0.626. The van der Waals surface area contributed by atoms with E-state index in [0.29, 0.717) is 10.9 Å². The van der Waals surface area contributed by atoms with E-state index >= 15 is 0 Å². The highest BCUT2D eigenvalue weighted by Gasteiger charge is 2.24. The Labute approximate surface area is 174 Å². The molecule has 0 saturated carbocycles. The minimum Gasteiger partial charge on any atom is -0.337 e. The van der Waals surface area contributed by atoms with E-state index in [0.717, 1.165) is 38.3 Å². The molecule has 0 spiro atoms. The lowest BCUT2D eigenvalue weighted by atomic mass is 10.2. The van der Waals surface area contributed by atoms with Crippen LogP contribution in [0.5, 0.6) is 0 Å². The van der Waals surface area contributed by atoms with Gasteiger partial charge in [0.1, 0.15) is 12.4 Å². The first-order valence-electron chi connectivity index (χ1n) is 9.66. The summed E-state index contributed by atoms with van der Waals surface area (Å²) in [7, 11) is -1.83. The average molecular weight is 431 g/mol. The maximum absolute atomic E-state index is 13.2. The van der Waals surface area contributed by atoms with E-state index in [1.807, 2.05) is 12.1 Å². The Morgan fingerprint density at radius 2 is 1.70 bits per heavy atom. The van der Waals surface area contributed by atoms with Crippen LogP contribution in [0.1, 0.15) is 0 Å². The summed E-state index contributed by atoms with van der Waals surface area (Å²) in [6.07, 6.45) is 1.48. The van der Waals surface area contributed by atoms with Gasteiger partial charge >= 0.3 is 0 Å². The summed E-state index contributed by atoms with van der Waals surface area (Å²) in [5.41, 5.74) is 3.54. The van der Waals surface area contributed by atoms with E-state index in [4.69, 9.17) is 0 Å². The first-order valence-corrected chi connectivity index (χ1v) is 11.1. The van der Waals surface area contributed by atoms with Gasteiger partial charge < -0.3 is 9.47 Å². The molecule has 1 N–H and O–H groups in total. The number of fused-ring (bicyclic) bond motifs is 1. The van der Waals surface area contributed by atoms with Crippen molar-refractivity contribution in [1.29, 1.82) is 0 Å². The van der Waals surface area contributed by atoms with Gasteiger partial charge in [-0.05, 0) is 37.4 Å². The Hall–Kier alpha value is -2.75. The maximum Gasteiger partial charge on any atom is 0.254 e. The van der Waals surface area contributed by atoms with Crippen LogP contribution in [0.25, 0.3) is 10.9 Å². The highest BCUT2D eigenvalue weighted by molar-refractivity contribution is 7.91. The third-order valence-corrected chi connectivity index (χ3v) is 7.06. The number of carbonyl (C=O) groups excluding carboxylic acids is 1. The number of nitrogens with zero attached hydrogens (tertiary/aromatic N) is 3. The topological polar surface area (TPSA) is 74.7 Å². The number of benzene rings is 2. The van der Waals surface area contributed by atoms with E-state index in [2.05, 4.69) is 10.3 Å². The van der Waals surface area contributed by atoms with Gasteiger partial charge in [-0.15, -0.1) is 0 Å². The van der Waals surface area contributed by atoms with Gasteiger partial charge in [-0.2, -0.15) is 0 Å². The SMILES string of the molecule is CN1CCN(NC(=O)Cn2cc(S(=O)(=O)c3ccc(F)cc3)c3ccccc32)CC1. The van der Waals surface area contributed by atoms with Crippen molar-refractivity contribution < 1.29 is 17.6 Å². The predicted octanol–water partition coefficient (Wildman–Crippen LogP) is 1.89. The Balaban J connectivity index is 1.62. The third kappa shape index (κ3) is 4.09. The number of likely N-dealkylation sites (N-methyl/N-ethyl adjacent to an activating group) is 1. The zero-order chi connectivity index (χ0) is 21.3. The van der Waals surface area contributed by atoms with Gasteiger partial charge in [-0.1, -0.05) is 18.2 Å². The van der Waals surface area contributed by atoms with E-state index in [-0.39, 0.29) is 22.2 Å². The molecule has 0 radical (unpaired) electrons. The van der Waals surface area contributed by atoms with Crippen molar-refractivity contribution in [2.45, 2.75) is 16.3 Å². The molecule has 3 aromatic rings. The zero-order valence-electron chi connectivity index (χ0n) is 16.6. The Morgan fingerprint density at radius 3 is 2.40 bits per heavy atom. The summed E-state index contributed by atoms with van der Waals surface area (Å²) in [5.74, 6) is -0.719. The standard InChI is InChI=1S/C21H23FN4O3S/c1-24-10-12-26(13-11-24)23-21(27)15-25-14-20(18-4-2-3-5-19(18)25)30(28,29)17-8-6-16(22)7-9-17/h2-9,14H,10-13,15H2,1H3,(H,23,27). The second kappa shape index (κ2) is 8.17. The molecule has 30 heavy (non-hydrogen) atoms. The number of amides is 1. The molecule has 2 aromatic carbocycles. The molecule has 1 fully saturated rings. The molecular weight excluding hydrogens is 407 g/mol. The third-order valence-electron chi connectivity index (χ3n) is 5.27. The lowest BCUT2D eigenvalue weighted by Crippen LogP contribution is -2.53. The lowest BCUT2D eigenvalue weighted by molar-refractivity contribution is -0.127. The van der Waals surface area contributed by atoms with Gasteiger partial charge in [-0.3, -0.25) is 10.2 Å². The van der Waals surface area contributed by atoms with Crippen LogP contribution >= 0.6 is 0 Å². The summed E-state index contributed by atoms with van der Waals surface area (Å²) >= 11 is 0. The van der Waals surface area contributed by atoms with Crippen molar-refractivity contribution in [3.8, 4) is 0 Å². The first kappa shape index (κ1) is 20.5. The van der Waals surface area contributed by atoms with Gasteiger partial charge in [0.2, 0.25) is 9.84 Å². The lowest BCUT2D eigenvalue weighted by Gasteiger charge is -2.32. The highest BCUT2D eigenvalue weighted by atomic mass is 32.2. The summed E-state index contributed by atoms with van der Waals surface area (Å²) in [6, 6.07) is 11.8. The minimum atomic E-state index is -3.87. The fourth-order valence-electron chi connectivity index (χ4n) is 3.58. The maximum atomic E-state index is 13.2. The Kier molecular flexibility index (Phi) is 5.59. The number of para-hydroxylation sites is 1. The van der Waals surface area contributed by atoms with Crippen molar-refractivity contribution in [3.05, 3.63) is 60.5 Å². The van der Waals surface area contributed by atoms with Crippen LogP contribution in [-0.4, -0.2) is 62.0 Å². The number of aromatic nitrogens is 1. The number of sulfone groups is 1. The van der Waals surface area contributed by atoms with Crippen LogP contribution in [0.15, 0.2) is 64.5 Å². The number of nitrogens with one attached hydrogen (secondary N) is 1. The Bertz CT molecular complexity index is 1170. The van der Waals surface area contributed by atoms with Crippen LogP contribution < -0.4 is 5.43 Å². The minimum absolute atomic E-state index is 0.00805. The van der Waals surface area contributed by atoms with Crippen molar-refractivity contribution in [2.75, 3.05) is 33.2 Å². The van der Waals surface area contributed by atoms with Gasteiger partial charge in [0, 0.05) is 43.3 Å². The molecule has 1 aromatic heterocycles. The number of carbonyl (C=O) groups is 1. The van der Waals surface area contributed by atoms with Crippen molar-refractivity contribution in [1.82, 2.24) is 19.9 Å². The molecule has 158 valence electrons. The summed E-state index contributed by atoms with van der Waals surface area (Å²) in [5, 5.41) is 2.40. The molecular formula is C21H23FN4O3S. The number of halogens is 1. The monoisotopic (exact) mass is 430 g/mol. The molecule has 0 aliphatic carbocycles. The van der Waals surface area contributed by atoms with Gasteiger partial charge in [-0.25, -0.2) is 17.8 Å². The molecule has 1 saturated heterocycles. The second-order valence-electron chi connectivity index (χ2n) is 7.42. The molecule has 2 heterocycles. The highest BCUT2D eigenvalue weighted by Crippen LogP contribution is 2.30. The number of hydrogen-bond acceptors (Lipinski definition) is 5. The molecule has 0 unspecified atom stereocenters. The number of rotatable bonds is 5. The zero-order valence-corrected chi connectivity index (χ0v) is 17.4. The molecule has 0 bridgehead atoms. The van der Waals surface area contributed by atoms with Crippen LogP contribution in [-0.2, 0) is 21.2 Å². The largest absolute Gasteiger partial charge is 0.337 e. The van der Waals surface area contributed by atoms with Crippen LogP contribution in [0.2, 0.25) is 0 Å². The summed E-state index contributed by atoms with van der Waals surface area (Å²) < 4.78 is 41.2. The van der Waals surface area contributed by atoms with E-state index in [1.165, 1.54) is 18.3 Å². The second-order valence-corrected chi connectivity index (χ2v) is 9.34. The predicted molar refractivity (Wildman–Crippen MR) is 111 cm³/mol. The summed E-state index contributed by atoms with van der Waals surface area (Å²) in [6.45, 7) is 3.20. The summed E-state index contributed by atoms with van der Waals surface area (Å²) in [4.78, 5) is 14.9. The van der Waals surface area contributed by atoms with Crippen LogP contribution in [0.3, 0.4) is 0 Å². The fraction of sp³-hybridized carbons (Fsp3) is 0.286. The van der Waals surface area contributed by atoms with Crippen LogP contribution in [0.4, 0.5) is 4.39 Å². The van der Waals surface area contributed by atoms with Crippen molar-refractivity contribution in [2.24, 2.45) is 0 Å². The van der Waals surface area contributed by atoms with Crippen LogP contribution in [0, 0.1) is 5.82 Å². The average Bonchev–Trinajstić information content (AvgIpc) is 3.09. The number of hydrazine groups is 1. The van der Waals surface area contributed by atoms with E-state index < -0.39 is 15.7 Å². The molecule has 9 heteroatoms. The number of piperazine rings is 1. The first-order chi connectivity index (χ1) is 14.3. The van der Waals surface area contributed by atoms with Gasteiger partial charge in [0.25, 0.3) is 5.91 Å². The van der Waals surface area contributed by atoms with Crippen molar-refractivity contribution in [3.63, 3.8) is 0 Å². The molecule has 1 amide bonds. The van der Waals surface area contributed by atoms with Crippen molar-refractivity contribution >= 4 is 26.6 Å². The number of hydrogen-bond donors (Lipinski definition) is 1. The van der Waals surface area contributed by atoms with Gasteiger partial charge in [0.15, 0.2) is 0 Å². The Morgan fingerprint density at radius 1 is 1.03 bits per heavy atom. The van der Waals surface area contributed by atoms with E-state index in [9.17, 15) is 17.6 Å².